The first kappa shape index (κ1) is 16.4. The zero-order valence-electron chi connectivity index (χ0n) is 13.9. The molecule has 0 aliphatic carbocycles. The van der Waals surface area contributed by atoms with Crippen LogP contribution in [-0.4, -0.2) is 42.0 Å². The monoisotopic (exact) mass is 327 g/mol. The molecule has 0 saturated carbocycles. The fourth-order valence-corrected chi connectivity index (χ4v) is 3.08. The van der Waals surface area contributed by atoms with E-state index < -0.39 is 0 Å². The molecule has 2 heterocycles. The molecule has 1 atom stereocenters. The zero-order valence-corrected chi connectivity index (χ0v) is 13.9. The summed E-state index contributed by atoms with van der Waals surface area (Å²) in [5.74, 6) is 0.0952. The first-order valence-corrected chi connectivity index (χ1v) is 8.32. The topological polar surface area (TPSA) is 36.4 Å². The van der Waals surface area contributed by atoms with Gasteiger partial charge in [-0.1, -0.05) is 25.1 Å². The van der Waals surface area contributed by atoms with Crippen LogP contribution in [0.3, 0.4) is 0 Å². The number of amides is 1. The molecule has 3 rings (SSSR count). The number of piperazine rings is 1. The van der Waals surface area contributed by atoms with E-state index in [0.717, 1.165) is 5.56 Å². The summed E-state index contributed by atoms with van der Waals surface area (Å²) in [6.45, 7) is 4.63. The highest BCUT2D eigenvalue weighted by Crippen LogP contribution is 2.22. The summed E-state index contributed by atoms with van der Waals surface area (Å²) in [6.07, 6.45) is 4.03. The third kappa shape index (κ3) is 3.72. The summed E-state index contributed by atoms with van der Waals surface area (Å²) < 4.78 is 13.9. The summed E-state index contributed by atoms with van der Waals surface area (Å²) in [7, 11) is 0. The molecule has 1 saturated heterocycles. The average molecular weight is 327 g/mol. The molecule has 1 aromatic carbocycles. The molecule has 0 N–H and O–H groups in total. The quantitative estimate of drug-likeness (QED) is 0.866. The van der Waals surface area contributed by atoms with Gasteiger partial charge in [-0.05, 0) is 29.7 Å². The maximum Gasteiger partial charge on any atom is 0.223 e. The first-order chi connectivity index (χ1) is 11.6. The number of benzene rings is 1. The van der Waals surface area contributed by atoms with Crippen molar-refractivity contribution in [2.45, 2.75) is 19.3 Å². The Hall–Kier alpha value is -2.43. The minimum atomic E-state index is -0.206. The van der Waals surface area contributed by atoms with E-state index in [1.165, 1.54) is 6.07 Å². The summed E-state index contributed by atoms with van der Waals surface area (Å²) in [5, 5.41) is 0. The highest BCUT2D eigenvalue weighted by atomic mass is 19.1. The Balaban J connectivity index is 1.55. The van der Waals surface area contributed by atoms with E-state index in [0.29, 0.717) is 38.3 Å². The van der Waals surface area contributed by atoms with Gasteiger partial charge >= 0.3 is 0 Å². The number of carbonyl (C=O) groups excluding carboxylic acids is 1. The van der Waals surface area contributed by atoms with Crippen LogP contribution in [0.2, 0.25) is 0 Å². The van der Waals surface area contributed by atoms with Gasteiger partial charge in [0.2, 0.25) is 5.91 Å². The van der Waals surface area contributed by atoms with Crippen molar-refractivity contribution >= 4 is 11.6 Å². The third-order valence-corrected chi connectivity index (χ3v) is 4.56. The molecule has 1 amide bonds. The van der Waals surface area contributed by atoms with E-state index in [1.807, 2.05) is 41.1 Å². The van der Waals surface area contributed by atoms with Crippen molar-refractivity contribution < 1.29 is 9.18 Å². The maximum atomic E-state index is 13.9. The highest BCUT2D eigenvalue weighted by Gasteiger charge is 2.24. The van der Waals surface area contributed by atoms with Crippen LogP contribution < -0.4 is 4.90 Å². The Morgan fingerprint density at radius 2 is 1.92 bits per heavy atom. The largest absolute Gasteiger partial charge is 0.366 e. The van der Waals surface area contributed by atoms with E-state index in [2.05, 4.69) is 4.98 Å². The van der Waals surface area contributed by atoms with E-state index in [1.54, 1.807) is 18.3 Å². The van der Waals surface area contributed by atoms with Gasteiger partial charge in [0, 0.05) is 45.0 Å². The second-order valence-corrected chi connectivity index (χ2v) is 6.21. The van der Waals surface area contributed by atoms with Crippen LogP contribution in [0.25, 0.3) is 0 Å². The van der Waals surface area contributed by atoms with Gasteiger partial charge in [-0.25, -0.2) is 4.39 Å². The number of carbonyl (C=O) groups is 1. The molecular weight excluding hydrogens is 305 g/mol. The Labute approximate surface area is 141 Å². The molecule has 0 bridgehead atoms. The van der Waals surface area contributed by atoms with Crippen LogP contribution in [0.5, 0.6) is 0 Å². The lowest BCUT2D eigenvalue weighted by molar-refractivity contribution is -0.131. The number of para-hydroxylation sites is 1. The Kier molecular flexibility index (Phi) is 5.08. The molecule has 1 aliphatic heterocycles. The lowest BCUT2D eigenvalue weighted by atomic mass is 9.99. The van der Waals surface area contributed by atoms with Gasteiger partial charge in [0.25, 0.3) is 0 Å². The first-order valence-electron chi connectivity index (χ1n) is 8.32. The molecule has 4 nitrogen and oxygen atoms in total. The number of nitrogens with zero attached hydrogens (tertiary/aromatic N) is 3. The molecule has 126 valence electrons. The predicted molar refractivity (Wildman–Crippen MR) is 92.5 cm³/mol. The normalized spacial score (nSPS) is 16.1. The van der Waals surface area contributed by atoms with Gasteiger partial charge in [0.05, 0.1) is 5.69 Å². The average Bonchev–Trinajstić information content (AvgIpc) is 2.63. The van der Waals surface area contributed by atoms with Crippen molar-refractivity contribution in [2.75, 3.05) is 31.1 Å². The summed E-state index contributed by atoms with van der Waals surface area (Å²) in [5.41, 5.74) is 1.70. The minimum absolute atomic E-state index is 0.149. The molecule has 1 fully saturated rings. The molecule has 0 radical (unpaired) electrons. The van der Waals surface area contributed by atoms with Gasteiger partial charge in [-0.15, -0.1) is 0 Å². The van der Waals surface area contributed by atoms with E-state index in [4.69, 9.17) is 0 Å². The maximum absolute atomic E-state index is 13.9. The molecule has 1 unspecified atom stereocenters. The number of halogens is 1. The van der Waals surface area contributed by atoms with Crippen molar-refractivity contribution in [1.82, 2.24) is 9.88 Å². The Morgan fingerprint density at radius 1 is 1.17 bits per heavy atom. The highest BCUT2D eigenvalue weighted by molar-refractivity contribution is 5.77. The molecule has 0 spiro atoms. The zero-order chi connectivity index (χ0) is 16.9. The smallest absolute Gasteiger partial charge is 0.223 e. The van der Waals surface area contributed by atoms with Gasteiger partial charge in [-0.3, -0.25) is 9.78 Å². The van der Waals surface area contributed by atoms with Crippen LogP contribution >= 0.6 is 0 Å². The van der Waals surface area contributed by atoms with Crippen LogP contribution in [0, 0.1) is 5.82 Å². The van der Waals surface area contributed by atoms with Crippen molar-refractivity contribution in [1.29, 1.82) is 0 Å². The molecule has 24 heavy (non-hydrogen) atoms. The predicted octanol–water partition coefficient (Wildman–Crippen LogP) is 3.06. The fraction of sp³-hybridized carbons (Fsp3) is 0.368. The van der Waals surface area contributed by atoms with Crippen molar-refractivity contribution in [3.8, 4) is 0 Å². The second kappa shape index (κ2) is 7.43. The number of hydrogen-bond acceptors (Lipinski definition) is 3. The summed E-state index contributed by atoms with van der Waals surface area (Å²) in [6, 6.07) is 10.7. The molecule has 1 aromatic heterocycles. The van der Waals surface area contributed by atoms with Gasteiger partial charge in [-0.2, -0.15) is 0 Å². The fourth-order valence-electron chi connectivity index (χ4n) is 3.08. The van der Waals surface area contributed by atoms with E-state index in [-0.39, 0.29) is 17.6 Å². The Bertz CT molecular complexity index is 684. The number of anilines is 1. The minimum Gasteiger partial charge on any atom is -0.366 e. The van der Waals surface area contributed by atoms with Crippen LogP contribution in [-0.2, 0) is 4.79 Å². The van der Waals surface area contributed by atoms with Crippen molar-refractivity contribution in [2.24, 2.45) is 0 Å². The molecule has 2 aromatic rings. The van der Waals surface area contributed by atoms with E-state index >= 15 is 0 Å². The lowest BCUT2D eigenvalue weighted by Gasteiger charge is -2.36. The summed E-state index contributed by atoms with van der Waals surface area (Å²) in [4.78, 5) is 20.5. The molecule has 5 heteroatoms. The Morgan fingerprint density at radius 3 is 2.58 bits per heavy atom. The standard InChI is InChI=1S/C19H22FN3O/c1-15(16-5-4-8-21-14-16)13-19(24)23-11-9-22(10-12-23)18-7-3-2-6-17(18)20/h2-8,14-15H,9-13H2,1H3. The van der Waals surface area contributed by atoms with Crippen LogP contribution in [0.15, 0.2) is 48.8 Å². The van der Waals surface area contributed by atoms with E-state index in [9.17, 15) is 9.18 Å². The summed E-state index contributed by atoms with van der Waals surface area (Å²) >= 11 is 0. The van der Waals surface area contributed by atoms with Crippen molar-refractivity contribution in [3.05, 3.63) is 60.2 Å². The van der Waals surface area contributed by atoms with Crippen molar-refractivity contribution in [3.63, 3.8) is 0 Å². The van der Waals surface area contributed by atoms with Gasteiger partial charge < -0.3 is 9.80 Å². The van der Waals surface area contributed by atoms with Gasteiger partial charge in [0.1, 0.15) is 5.82 Å². The number of rotatable bonds is 4. The van der Waals surface area contributed by atoms with Crippen LogP contribution in [0.1, 0.15) is 24.8 Å². The number of aromatic nitrogens is 1. The number of pyridine rings is 1. The second-order valence-electron chi connectivity index (χ2n) is 6.21. The lowest BCUT2D eigenvalue weighted by Crippen LogP contribution is -2.49. The SMILES string of the molecule is CC(CC(=O)N1CCN(c2ccccc2F)CC1)c1cccnc1. The molecule has 1 aliphatic rings. The van der Waals surface area contributed by atoms with Gasteiger partial charge in [0.15, 0.2) is 0 Å². The number of hydrogen-bond donors (Lipinski definition) is 0. The third-order valence-electron chi connectivity index (χ3n) is 4.56. The molecular formula is C19H22FN3O. The van der Waals surface area contributed by atoms with Crippen LogP contribution in [0.4, 0.5) is 10.1 Å².